The number of aromatic nitrogens is 1. The number of hydrogen-bond donors (Lipinski definition) is 5. The van der Waals surface area contributed by atoms with E-state index >= 15 is 0 Å². The highest BCUT2D eigenvalue weighted by atomic mass is 16.4. The van der Waals surface area contributed by atoms with Gasteiger partial charge in [0.05, 0.1) is 17.3 Å². The first kappa shape index (κ1) is 25.7. The van der Waals surface area contributed by atoms with Crippen LogP contribution in [0.5, 0.6) is 0 Å². The van der Waals surface area contributed by atoms with Crippen LogP contribution >= 0.6 is 0 Å². The van der Waals surface area contributed by atoms with Crippen molar-refractivity contribution in [2.45, 2.75) is 82.0 Å². The summed E-state index contributed by atoms with van der Waals surface area (Å²) in [5.74, 6) is 0.758. The summed E-state index contributed by atoms with van der Waals surface area (Å²) < 4.78 is 0. The van der Waals surface area contributed by atoms with Crippen LogP contribution in [0.3, 0.4) is 0 Å². The van der Waals surface area contributed by atoms with Crippen molar-refractivity contribution < 1.29 is 15.3 Å². The lowest BCUT2D eigenvalue weighted by atomic mass is 9.52. The lowest BCUT2D eigenvalue weighted by Gasteiger charge is -2.57. The number of aliphatic hydroxyl groups is 3. The Bertz CT molecular complexity index is 1210. The number of allylic oxidation sites excluding steroid dienone is 2. The Morgan fingerprint density at radius 1 is 1.03 bits per heavy atom. The van der Waals surface area contributed by atoms with Crippen LogP contribution in [-0.4, -0.2) is 51.7 Å². The van der Waals surface area contributed by atoms with E-state index in [2.05, 4.69) is 29.4 Å². The second kappa shape index (κ2) is 9.39. The lowest BCUT2D eigenvalue weighted by molar-refractivity contribution is -0.228. The van der Waals surface area contributed by atoms with Crippen molar-refractivity contribution >= 4 is 16.3 Å². The van der Waals surface area contributed by atoms with Gasteiger partial charge in [-0.25, -0.2) is 0 Å². The molecule has 0 aliphatic heterocycles. The smallest absolute Gasteiger partial charge is 0.255 e. The van der Waals surface area contributed by atoms with Gasteiger partial charge in [-0.15, -0.1) is 0 Å². The summed E-state index contributed by atoms with van der Waals surface area (Å²) in [6.45, 7) is 2.26. The monoisotopic (exact) mass is 494 g/mol. The van der Waals surface area contributed by atoms with E-state index in [0.717, 1.165) is 49.5 Å². The first-order valence-corrected chi connectivity index (χ1v) is 13.7. The minimum absolute atomic E-state index is 0.0290. The summed E-state index contributed by atoms with van der Waals surface area (Å²) in [6.07, 6.45) is 10.6. The highest BCUT2D eigenvalue weighted by Gasteiger charge is 2.65. The number of rotatable bonds is 1. The lowest BCUT2D eigenvalue weighted by Crippen LogP contribution is -2.64. The Morgan fingerprint density at radius 2 is 1.81 bits per heavy atom. The average molecular weight is 495 g/mol. The third-order valence-electron chi connectivity index (χ3n) is 10.1. The Kier molecular flexibility index (Phi) is 6.69. The molecule has 6 unspecified atom stereocenters. The van der Waals surface area contributed by atoms with Gasteiger partial charge in [0.15, 0.2) is 0 Å². The number of hydrogen-bond acceptors (Lipinski definition) is 5. The summed E-state index contributed by atoms with van der Waals surface area (Å²) in [5.41, 5.74) is -0.155. The Morgan fingerprint density at radius 3 is 2.58 bits per heavy atom. The van der Waals surface area contributed by atoms with Gasteiger partial charge >= 0.3 is 0 Å². The minimum Gasteiger partial charge on any atom is -0.393 e. The molecule has 0 bridgehead atoms. The van der Waals surface area contributed by atoms with E-state index in [1.807, 2.05) is 32.3 Å². The molecular weight excluding hydrogens is 452 g/mol. The second-order valence-corrected chi connectivity index (χ2v) is 12.1. The average Bonchev–Trinajstić information content (AvgIpc) is 3.15. The quantitative estimate of drug-likeness (QED) is 0.412. The van der Waals surface area contributed by atoms with Gasteiger partial charge in [-0.2, -0.15) is 0 Å². The molecule has 3 fully saturated rings. The maximum absolute atomic E-state index is 12.3. The Balaban J connectivity index is 0.000000848. The summed E-state index contributed by atoms with van der Waals surface area (Å²) >= 11 is 0. The van der Waals surface area contributed by atoms with Crippen molar-refractivity contribution in [2.24, 2.45) is 23.2 Å². The molecule has 0 saturated heterocycles. The van der Waals surface area contributed by atoms with E-state index in [4.69, 9.17) is 0 Å². The van der Waals surface area contributed by atoms with Gasteiger partial charge in [-0.3, -0.25) is 4.79 Å². The fraction of sp³-hybridized carbons (Fsp3) is 0.633. The fourth-order valence-electron chi connectivity index (χ4n) is 8.22. The molecule has 7 atom stereocenters. The predicted molar refractivity (Wildman–Crippen MR) is 144 cm³/mol. The molecule has 6 heteroatoms. The standard InChI is InChI=1S/C28H35NO4.C2H7N/c1-26-11-12-27(32)16-20-15-21(30)4-2-17(20)8-10-28(27,33)24(26)7-6-23(26)19-3-5-22-18(14-19)9-13-29-25(22)31;1-3-2/h3,5-6,9,13-14,17,20-21,24,30,32-33H,2,4,7-8,10-12,15-16H2,1H3,(H,29,31);3H,1-2H3/t17?,20?,21?,24?,26?,27?,28-;/m0./s1. The molecule has 4 aliphatic rings. The molecule has 1 heterocycles. The Labute approximate surface area is 213 Å². The topological polar surface area (TPSA) is 106 Å². The van der Waals surface area contributed by atoms with Gasteiger partial charge in [0.25, 0.3) is 5.56 Å². The minimum atomic E-state index is -1.12. The second-order valence-electron chi connectivity index (χ2n) is 12.1. The molecule has 0 spiro atoms. The molecule has 5 N–H and O–H groups in total. The van der Waals surface area contributed by atoms with Crippen LogP contribution in [0, 0.1) is 23.2 Å². The van der Waals surface area contributed by atoms with E-state index in [0.29, 0.717) is 36.5 Å². The third kappa shape index (κ3) is 3.97. The molecule has 0 amide bonds. The number of benzene rings is 1. The molecule has 196 valence electrons. The summed E-state index contributed by atoms with van der Waals surface area (Å²) in [6, 6.07) is 7.96. The molecule has 6 nitrogen and oxygen atoms in total. The van der Waals surface area contributed by atoms with Crippen molar-refractivity contribution in [1.29, 1.82) is 0 Å². The van der Waals surface area contributed by atoms with E-state index < -0.39 is 11.2 Å². The van der Waals surface area contributed by atoms with Crippen molar-refractivity contribution in [1.82, 2.24) is 10.3 Å². The van der Waals surface area contributed by atoms with Crippen molar-refractivity contribution in [3.63, 3.8) is 0 Å². The third-order valence-corrected chi connectivity index (χ3v) is 10.1. The number of pyridine rings is 1. The van der Waals surface area contributed by atoms with Gasteiger partial charge in [0, 0.05) is 17.5 Å². The van der Waals surface area contributed by atoms with E-state index in [1.54, 1.807) is 6.20 Å². The number of fused-ring (bicyclic) bond motifs is 5. The first-order chi connectivity index (χ1) is 17.1. The summed E-state index contributed by atoms with van der Waals surface area (Å²) in [5, 5.41) is 38.8. The maximum Gasteiger partial charge on any atom is 0.255 e. The molecular formula is C30H42N2O4. The zero-order chi connectivity index (χ0) is 25.7. The molecule has 1 aromatic heterocycles. The number of nitrogens with one attached hydrogen (secondary N) is 2. The first-order valence-electron chi connectivity index (χ1n) is 13.7. The highest BCUT2D eigenvalue weighted by Crippen LogP contribution is 2.65. The van der Waals surface area contributed by atoms with Crippen molar-refractivity contribution in [3.8, 4) is 0 Å². The molecule has 0 radical (unpaired) electrons. The van der Waals surface area contributed by atoms with E-state index in [-0.39, 0.29) is 23.0 Å². The molecule has 3 saturated carbocycles. The van der Waals surface area contributed by atoms with Crippen LogP contribution < -0.4 is 10.9 Å². The van der Waals surface area contributed by atoms with Crippen LogP contribution in [-0.2, 0) is 0 Å². The zero-order valence-corrected chi connectivity index (χ0v) is 21.9. The van der Waals surface area contributed by atoms with Gasteiger partial charge in [-0.05, 0) is 124 Å². The van der Waals surface area contributed by atoms with Crippen molar-refractivity contribution in [3.05, 3.63) is 52.5 Å². The van der Waals surface area contributed by atoms with Crippen LogP contribution in [0.25, 0.3) is 16.3 Å². The molecule has 36 heavy (non-hydrogen) atoms. The van der Waals surface area contributed by atoms with E-state index in [1.165, 1.54) is 5.57 Å². The fourth-order valence-corrected chi connectivity index (χ4v) is 8.22. The molecule has 6 rings (SSSR count). The van der Waals surface area contributed by atoms with Crippen LogP contribution in [0.4, 0.5) is 0 Å². The zero-order valence-electron chi connectivity index (χ0n) is 21.9. The highest BCUT2D eigenvalue weighted by molar-refractivity contribution is 5.86. The Hall–Kier alpha value is -1.99. The summed E-state index contributed by atoms with van der Waals surface area (Å²) in [7, 11) is 3.75. The number of aliphatic hydroxyl groups excluding tert-OH is 1. The number of aromatic amines is 1. The SMILES string of the molecule is CC12CCC3(O)CC4CC(O)CCC4CC[C@]3(O)C1CC=C2c1ccc2c(=O)[nH]ccc2c1.CNC. The normalized spacial score (nSPS) is 39.7. The molecule has 2 aromatic rings. The predicted octanol–water partition coefficient (Wildman–Crippen LogP) is 3.99. The van der Waals surface area contributed by atoms with Crippen molar-refractivity contribution in [2.75, 3.05) is 14.1 Å². The van der Waals surface area contributed by atoms with Gasteiger partial charge in [0.2, 0.25) is 0 Å². The molecule has 4 aliphatic carbocycles. The van der Waals surface area contributed by atoms with Gasteiger partial charge in [0.1, 0.15) is 0 Å². The number of H-pyrrole nitrogens is 1. The van der Waals surface area contributed by atoms with Gasteiger partial charge < -0.3 is 25.6 Å². The summed E-state index contributed by atoms with van der Waals surface area (Å²) in [4.78, 5) is 14.9. The maximum atomic E-state index is 12.3. The largest absolute Gasteiger partial charge is 0.393 e. The van der Waals surface area contributed by atoms with Crippen LogP contribution in [0.1, 0.15) is 70.3 Å². The van der Waals surface area contributed by atoms with Gasteiger partial charge in [-0.1, -0.05) is 19.1 Å². The van der Waals surface area contributed by atoms with E-state index in [9.17, 15) is 20.1 Å². The van der Waals surface area contributed by atoms with Crippen LogP contribution in [0.15, 0.2) is 41.3 Å². The van der Waals surface area contributed by atoms with Crippen LogP contribution in [0.2, 0.25) is 0 Å². The molecule has 1 aromatic carbocycles.